The first-order valence-electron chi connectivity index (χ1n) is 8.76. The van der Waals surface area contributed by atoms with Crippen molar-refractivity contribution in [2.45, 2.75) is 65.2 Å². The molecule has 1 N–H and O–H groups in total. The quantitative estimate of drug-likeness (QED) is 0.226. The molecule has 0 heterocycles. The Morgan fingerprint density at radius 3 is 2.17 bits per heavy atom. The molecule has 6 heteroatoms. The lowest BCUT2D eigenvalue weighted by Gasteiger charge is -2.05. The SMILES string of the molecule is CCCCCCCCCCNC=C(C#N)C(=O)OCCOC(C)=O. The van der Waals surface area contributed by atoms with Crippen molar-refractivity contribution in [2.24, 2.45) is 0 Å². The molecular formula is C18H30N2O4. The van der Waals surface area contributed by atoms with Gasteiger partial charge < -0.3 is 14.8 Å². The third kappa shape index (κ3) is 13.6. The summed E-state index contributed by atoms with van der Waals surface area (Å²) in [5.41, 5.74) is -0.0857. The number of carbonyl (C=O) groups excluding carboxylic acids is 2. The van der Waals surface area contributed by atoms with E-state index in [0.29, 0.717) is 0 Å². The second-order valence-electron chi connectivity index (χ2n) is 5.57. The minimum Gasteiger partial charge on any atom is -0.462 e. The van der Waals surface area contributed by atoms with Gasteiger partial charge in [0.15, 0.2) is 5.57 Å². The fourth-order valence-corrected chi connectivity index (χ4v) is 2.07. The molecule has 6 nitrogen and oxygen atoms in total. The minimum absolute atomic E-state index is 0.00847. The normalized spacial score (nSPS) is 10.8. The predicted octanol–water partition coefficient (Wildman–Crippen LogP) is 3.23. The minimum atomic E-state index is -0.715. The maximum absolute atomic E-state index is 11.6. The van der Waals surface area contributed by atoms with Crippen molar-refractivity contribution in [2.75, 3.05) is 19.8 Å². The highest BCUT2D eigenvalue weighted by Crippen LogP contribution is 2.07. The maximum Gasteiger partial charge on any atom is 0.350 e. The van der Waals surface area contributed by atoms with E-state index in [2.05, 4.69) is 17.0 Å². The van der Waals surface area contributed by atoms with Gasteiger partial charge in [-0.2, -0.15) is 5.26 Å². The number of carbonyl (C=O) groups is 2. The smallest absolute Gasteiger partial charge is 0.350 e. The topological polar surface area (TPSA) is 88.4 Å². The highest BCUT2D eigenvalue weighted by Gasteiger charge is 2.10. The maximum atomic E-state index is 11.6. The van der Waals surface area contributed by atoms with Crippen molar-refractivity contribution in [3.8, 4) is 6.07 Å². The van der Waals surface area contributed by atoms with E-state index in [0.717, 1.165) is 19.4 Å². The van der Waals surface area contributed by atoms with Gasteiger partial charge >= 0.3 is 11.9 Å². The third-order valence-corrected chi connectivity index (χ3v) is 3.38. The molecule has 0 aliphatic rings. The number of hydrogen-bond donors (Lipinski definition) is 1. The average molecular weight is 338 g/mol. The van der Waals surface area contributed by atoms with Crippen molar-refractivity contribution < 1.29 is 19.1 Å². The fraction of sp³-hybridized carbons (Fsp3) is 0.722. The fourth-order valence-electron chi connectivity index (χ4n) is 2.07. The van der Waals surface area contributed by atoms with Crippen LogP contribution in [0.2, 0.25) is 0 Å². The first-order valence-corrected chi connectivity index (χ1v) is 8.76. The molecule has 0 aromatic heterocycles. The van der Waals surface area contributed by atoms with Gasteiger partial charge in [0.2, 0.25) is 0 Å². The van der Waals surface area contributed by atoms with E-state index in [4.69, 9.17) is 10.00 Å². The lowest BCUT2D eigenvalue weighted by atomic mass is 10.1. The van der Waals surface area contributed by atoms with Crippen LogP contribution < -0.4 is 5.32 Å². The first-order chi connectivity index (χ1) is 11.6. The number of nitrogens with one attached hydrogen (secondary N) is 1. The van der Waals surface area contributed by atoms with Crippen LogP contribution in [0.1, 0.15) is 65.2 Å². The molecule has 0 aliphatic heterocycles. The van der Waals surface area contributed by atoms with Gasteiger partial charge in [-0.1, -0.05) is 51.9 Å². The summed E-state index contributed by atoms with van der Waals surface area (Å²) in [6.45, 7) is 4.14. The van der Waals surface area contributed by atoms with Gasteiger partial charge in [-0.25, -0.2) is 4.79 Å². The summed E-state index contributed by atoms with van der Waals surface area (Å²) >= 11 is 0. The average Bonchev–Trinajstić information content (AvgIpc) is 2.56. The molecule has 0 spiro atoms. The van der Waals surface area contributed by atoms with Crippen LogP contribution in [-0.2, 0) is 19.1 Å². The van der Waals surface area contributed by atoms with E-state index in [1.807, 2.05) is 0 Å². The largest absolute Gasteiger partial charge is 0.462 e. The predicted molar refractivity (Wildman–Crippen MR) is 91.9 cm³/mol. The van der Waals surface area contributed by atoms with Gasteiger partial charge in [-0.15, -0.1) is 0 Å². The number of ether oxygens (including phenoxy) is 2. The Balaban J connectivity index is 3.71. The molecule has 136 valence electrons. The molecule has 0 atom stereocenters. The van der Waals surface area contributed by atoms with E-state index >= 15 is 0 Å². The van der Waals surface area contributed by atoms with Crippen LogP contribution in [-0.4, -0.2) is 31.7 Å². The Bertz CT molecular complexity index is 427. The van der Waals surface area contributed by atoms with Crippen molar-refractivity contribution >= 4 is 11.9 Å². The zero-order valence-electron chi connectivity index (χ0n) is 14.9. The first kappa shape index (κ1) is 22.0. The van der Waals surface area contributed by atoms with Gasteiger partial charge in [0.1, 0.15) is 19.3 Å². The summed E-state index contributed by atoms with van der Waals surface area (Å²) < 4.78 is 9.48. The summed E-state index contributed by atoms with van der Waals surface area (Å²) in [5, 5.41) is 11.9. The Hall–Kier alpha value is -2.03. The van der Waals surface area contributed by atoms with Crippen LogP contribution in [0.3, 0.4) is 0 Å². The van der Waals surface area contributed by atoms with Crippen LogP contribution in [0.5, 0.6) is 0 Å². The molecule has 0 fully saturated rings. The third-order valence-electron chi connectivity index (χ3n) is 3.38. The van der Waals surface area contributed by atoms with Gasteiger partial charge in [-0.3, -0.25) is 4.79 Å². The van der Waals surface area contributed by atoms with Crippen molar-refractivity contribution in [1.82, 2.24) is 5.32 Å². The Kier molecular flexibility index (Phi) is 14.5. The Labute approximate surface area is 145 Å². The van der Waals surface area contributed by atoms with Crippen LogP contribution in [0.25, 0.3) is 0 Å². The second kappa shape index (κ2) is 15.9. The molecule has 0 unspecified atom stereocenters. The van der Waals surface area contributed by atoms with E-state index in [9.17, 15) is 9.59 Å². The van der Waals surface area contributed by atoms with E-state index in [1.165, 1.54) is 51.6 Å². The van der Waals surface area contributed by atoms with Crippen molar-refractivity contribution in [3.63, 3.8) is 0 Å². The van der Waals surface area contributed by atoms with E-state index in [-0.39, 0.29) is 18.8 Å². The Morgan fingerprint density at radius 2 is 1.58 bits per heavy atom. The number of nitrogens with zero attached hydrogens (tertiary/aromatic N) is 1. The summed E-state index contributed by atoms with van der Waals surface area (Å²) in [5.74, 6) is -1.15. The monoisotopic (exact) mass is 338 g/mol. The number of rotatable bonds is 14. The van der Waals surface area contributed by atoms with Crippen LogP contribution in [0.4, 0.5) is 0 Å². The van der Waals surface area contributed by atoms with Crippen molar-refractivity contribution in [1.29, 1.82) is 5.26 Å². The number of nitriles is 1. The molecule has 0 aromatic carbocycles. The Morgan fingerprint density at radius 1 is 1.00 bits per heavy atom. The lowest BCUT2D eigenvalue weighted by Crippen LogP contribution is -2.16. The summed E-state index contributed by atoms with van der Waals surface area (Å²) in [7, 11) is 0. The molecule has 0 bridgehead atoms. The molecule has 0 aliphatic carbocycles. The van der Waals surface area contributed by atoms with Crippen LogP contribution in [0, 0.1) is 11.3 Å². The molecule has 24 heavy (non-hydrogen) atoms. The molecule has 0 radical (unpaired) electrons. The summed E-state index contributed by atoms with van der Waals surface area (Å²) in [6.07, 6.45) is 11.2. The molecule has 0 aromatic rings. The number of hydrogen-bond acceptors (Lipinski definition) is 6. The molecular weight excluding hydrogens is 308 g/mol. The number of unbranched alkanes of at least 4 members (excludes halogenated alkanes) is 7. The zero-order valence-corrected chi connectivity index (χ0v) is 14.9. The highest BCUT2D eigenvalue weighted by atomic mass is 16.6. The highest BCUT2D eigenvalue weighted by molar-refractivity contribution is 5.92. The van der Waals surface area contributed by atoms with E-state index in [1.54, 1.807) is 6.07 Å². The molecule has 0 saturated heterocycles. The van der Waals surface area contributed by atoms with Gasteiger partial charge in [0, 0.05) is 19.7 Å². The van der Waals surface area contributed by atoms with Gasteiger partial charge in [0.25, 0.3) is 0 Å². The second-order valence-corrected chi connectivity index (χ2v) is 5.57. The summed E-state index contributed by atoms with van der Waals surface area (Å²) in [4.78, 5) is 22.2. The van der Waals surface area contributed by atoms with Crippen molar-refractivity contribution in [3.05, 3.63) is 11.8 Å². The zero-order chi connectivity index (χ0) is 18.0. The summed E-state index contributed by atoms with van der Waals surface area (Å²) in [6, 6.07) is 1.80. The van der Waals surface area contributed by atoms with Gasteiger partial charge in [-0.05, 0) is 6.42 Å². The molecule has 0 rings (SSSR count). The molecule has 0 saturated carbocycles. The van der Waals surface area contributed by atoms with E-state index < -0.39 is 11.9 Å². The van der Waals surface area contributed by atoms with Crippen LogP contribution >= 0.6 is 0 Å². The van der Waals surface area contributed by atoms with Crippen LogP contribution in [0.15, 0.2) is 11.8 Å². The lowest BCUT2D eigenvalue weighted by molar-refractivity contribution is -0.148. The molecule has 0 amide bonds. The number of esters is 2. The van der Waals surface area contributed by atoms with Gasteiger partial charge in [0.05, 0.1) is 0 Å². The standard InChI is InChI=1S/C18H30N2O4/c1-3-4-5-6-7-8-9-10-11-20-15-17(14-19)18(22)24-13-12-23-16(2)21/h15,20H,3-13H2,1-2H3.